The number of nitrogens with one attached hydrogen (secondary N) is 2. The van der Waals surface area contributed by atoms with E-state index in [0.29, 0.717) is 5.57 Å². The molecule has 0 amide bonds. The van der Waals surface area contributed by atoms with Crippen molar-refractivity contribution in [2.75, 3.05) is 43.4 Å². The minimum atomic E-state index is 0.260. The monoisotopic (exact) mass is 367 g/mol. The highest BCUT2D eigenvalue weighted by atomic mass is 32.1. The van der Waals surface area contributed by atoms with Gasteiger partial charge in [-0.3, -0.25) is 0 Å². The molecule has 3 heterocycles. The summed E-state index contributed by atoms with van der Waals surface area (Å²) >= 11 is 1.69. The van der Waals surface area contributed by atoms with Crippen LogP contribution in [0.4, 0.5) is 10.8 Å². The van der Waals surface area contributed by atoms with Crippen LogP contribution < -0.4 is 10.2 Å². The van der Waals surface area contributed by atoms with Gasteiger partial charge in [-0.1, -0.05) is 11.3 Å². The van der Waals surface area contributed by atoms with Crippen LogP contribution in [0.25, 0.3) is 15.8 Å². The van der Waals surface area contributed by atoms with Crippen molar-refractivity contribution < 1.29 is 0 Å². The highest BCUT2D eigenvalue weighted by Gasteiger charge is 2.17. The van der Waals surface area contributed by atoms with E-state index in [1.165, 1.54) is 0 Å². The van der Waals surface area contributed by atoms with E-state index in [1.807, 2.05) is 18.2 Å². The second kappa shape index (κ2) is 7.07. The van der Waals surface area contributed by atoms with Crippen LogP contribution in [0.2, 0.25) is 0 Å². The Morgan fingerprint density at radius 3 is 2.92 bits per heavy atom. The van der Waals surface area contributed by atoms with Crippen molar-refractivity contribution in [1.82, 2.24) is 30.5 Å². The first kappa shape index (κ1) is 16.4. The summed E-state index contributed by atoms with van der Waals surface area (Å²) in [6, 6.07) is 8.02. The van der Waals surface area contributed by atoms with Crippen LogP contribution in [0.1, 0.15) is 5.82 Å². The topological polar surface area (TPSA) is 110 Å². The van der Waals surface area contributed by atoms with E-state index in [4.69, 9.17) is 4.98 Å². The molecule has 1 aliphatic heterocycles. The third-order valence-corrected chi connectivity index (χ3v) is 5.32. The minimum Gasteiger partial charge on any atom is -0.360 e. The molecule has 1 aromatic carbocycles. The number of fused-ring (bicyclic) bond motifs is 1. The standard InChI is InChI=1S/C16H17N9S/c1-24-4-6-25(7-5-24)16-19-13-3-2-12(8-14(13)26-16)18-10-11(9-17)15-20-22-23-21-15/h2-3,8,10,18H,4-7H2,1H3,(H,20,21,22,23). The van der Waals surface area contributed by atoms with Gasteiger partial charge < -0.3 is 15.1 Å². The molecule has 132 valence electrons. The second-order valence-electron chi connectivity index (χ2n) is 6.02. The summed E-state index contributed by atoms with van der Waals surface area (Å²) in [6.07, 6.45) is 1.58. The number of aromatic amines is 1. The van der Waals surface area contributed by atoms with Crippen LogP contribution in [0.15, 0.2) is 24.4 Å². The second-order valence-corrected chi connectivity index (χ2v) is 7.03. The van der Waals surface area contributed by atoms with Gasteiger partial charge in [-0.25, -0.2) is 4.98 Å². The molecular formula is C16H17N9S. The summed E-state index contributed by atoms with van der Waals surface area (Å²) in [4.78, 5) is 9.42. The molecule has 1 fully saturated rings. The number of tetrazole rings is 1. The first-order valence-corrected chi connectivity index (χ1v) is 8.99. The lowest BCUT2D eigenvalue weighted by Crippen LogP contribution is -2.44. The maximum absolute atomic E-state index is 9.22. The van der Waals surface area contributed by atoms with Gasteiger partial charge in [-0.2, -0.15) is 10.5 Å². The zero-order valence-corrected chi connectivity index (χ0v) is 15.0. The summed E-state index contributed by atoms with van der Waals surface area (Å²) in [5.41, 5.74) is 2.17. The van der Waals surface area contributed by atoms with Gasteiger partial charge in [0.2, 0.25) is 5.82 Å². The number of nitrogens with zero attached hydrogens (tertiary/aromatic N) is 7. The Kier molecular flexibility index (Phi) is 4.47. The Labute approximate surface area is 153 Å². The lowest BCUT2D eigenvalue weighted by atomic mass is 10.2. The fraction of sp³-hybridized carbons (Fsp3) is 0.312. The van der Waals surface area contributed by atoms with Crippen molar-refractivity contribution in [3.05, 3.63) is 30.2 Å². The van der Waals surface area contributed by atoms with Crippen LogP contribution in [0.5, 0.6) is 0 Å². The molecule has 1 aliphatic rings. The quantitative estimate of drug-likeness (QED) is 0.668. The molecule has 0 unspecified atom stereocenters. The zero-order valence-electron chi connectivity index (χ0n) is 14.2. The first-order chi connectivity index (χ1) is 12.7. The lowest BCUT2D eigenvalue weighted by Gasteiger charge is -2.31. The van der Waals surface area contributed by atoms with Gasteiger partial charge in [0.1, 0.15) is 11.6 Å². The largest absolute Gasteiger partial charge is 0.360 e. The van der Waals surface area contributed by atoms with Crippen molar-refractivity contribution in [3.8, 4) is 6.07 Å². The van der Waals surface area contributed by atoms with E-state index in [2.05, 4.69) is 48.9 Å². The van der Waals surface area contributed by atoms with Crippen LogP contribution in [-0.4, -0.2) is 63.7 Å². The number of aromatic nitrogens is 5. The van der Waals surface area contributed by atoms with Gasteiger partial charge in [-0.05, 0) is 30.5 Å². The van der Waals surface area contributed by atoms with Crippen molar-refractivity contribution >= 4 is 37.9 Å². The molecule has 0 spiro atoms. The molecule has 0 bridgehead atoms. The number of hydrogen-bond donors (Lipinski definition) is 2. The van der Waals surface area contributed by atoms with Crippen LogP contribution in [0, 0.1) is 11.3 Å². The van der Waals surface area contributed by atoms with Crippen LogP contribution in [0.3, 0.4) is 0 Å². The predicted molar refractivity (Wildman–Crippen MR) is 101 cm³/mol. The first-order valence-electron chi connectivity index (χ1n) is 8.17. The minimum absolute atomic E-state index is 0.260. The van der Waals surface area contributed by atoms with Gasteiger partial charge in [0, 0.05) is 38.1 Å². The van der Waals surface area contributed by atoms with Crippen LogP contribution in [-0.2, 0) is 0 Å². The molecule has 4 rings (SSSR count). The molecule has 0 aliphatic carbocycles. The van der Waals surface area contributed by atoms with Gasteiger partial charge in [0.25, 0.3) is 0 Å². The van der Waals surface area contributed by atoms with E-state index in [1.54, 1.807) is 17.5 Å². The van der Waals surface area contributed by atoms with Gasteiger partial charge in [-0.15, -0.1) is 10.2 Å². The Morgan fingerprint density at radius 2 is 2.19 bits per heavy atom. The molecule has 2 aromatic heterocycles. The molecule has 3 aromatic rings. The summed E-state index contributed by atoms with van der Waals surface area (Å²) in [6.45, 7) is 4.11. The number of piperazine rings is 1. The number of nitriles is 1. The Balaban J connectivity index is 1.53. The van der Waals surface area contributed by atoms with E-state index in [0.717, 1.165) is 47.2 Å². The fourth-order valence-corrected chi connectivity index (χ4v) is 3.77. The Hall–Kier alpha value is -3.03. The number of H-pyrrole nitrogens is 1. The molecule has 0 saturated carbocycles. The maximum Gasteiger partial charge on any atom is 0.216 e. The number of hydrogen-bond acceptors (Lipinski definition) is 9. The third-order valence-electron chi connectivity index (χ3n) is 4.24. The third kappa shape index (κ3) is 3.35. The number of anilines is 2. The molecule has 0 atom stereocenters. The molecule has 10 heteroatoms. The van der Waals surface area contributed by atoms with Crippen molar-refractivity contribution in [3.63, 3.8) is 0 Å². The summed E-state index contributed by atoms with van der Waals surface area (Å²) in [7, 11) is 2.14. The Morgan fingerprint density at radius 1 is 1.35 bits per heavy atom. The smallest absolute Gasteiger partial charge is 0.216 e. The predicted octanol–water partition coefficient (Wildman–Crippen LogP) is 1.54. The zero-order chi connectivity index (χ0) is 17.9. The van der Waals surface area contributed by atoms with E-state index < -0.39 is 0 Å². The summed E-state index contributed by atoms with van der Waals surface area (Å²) < 4.78 is 1.11. The van der Waals surface area contributed by atoms with Gasteiger partial charge in [0.05, 0.1) is 10.2 Å². The van der Waals surface area contributed by atoms with Crippen molar-refractivity contribution in [1.29, 1.82) is 5.26 Å². The normalized spacial score (nSPS) is 16.0. The number of likely N-dealkylation sites (N-methyl/N-ethyl adjacent to an activating group) is 1. The molecule has 26 heavy (non-hydrogen) atoms. The highest BCUT2D eigenvalue weighted by molar-refractivity contribution is 7.22. The average Bonchev–Trinajstić information content (AvgIpc) is 3.32. The highest BCUT2D eigenvalue weighted by Crippen LogP contribution is 2.31. The van der Waals surface area contributed by atoms with E-state index in [9.17, 15) is 5.26 Å². The summed E-state index contributed by atoms with van der Waals surface area (Å²) in [5.74, 6) is 0.260. The SMILES string of the molecule is CN1CCN(c2nc3ccc(NC=C(C#N)c4nn[nH]n4)cc3s2)CC1. The van der Waals surface area contributed by atoms with Gasteiger partial charge in [0.15, 0.2) is 5.13 Å². The number of rotatable bonds is 4. The molecule has 2 N–H and O–H groups in total. The maximum atomic E-state index is 9.22. The average molecular weight is 367 g/mol. The van der Waals surface area contributed by atoms with E-state index >= 15 is 0 Å². The fourth-order valence-electron chi connectivity index (χ4n) is 2.71. The van der Waals surface area contributed by atoms with Crippen molar-refractivity contribution in [2.24, 2.45) is 0 Å². The molecule has 9 nitrogen and oxygen atoms in total. The van der Waals surface area contributed by atoms with Crippen LogP contribution >= 0.6 is 11.3 Å². The molecule has 0 radical (unpaired) electrons. The lowest BCUT2D eigenvalue weighted by molar-refractivity contribution is 0.313. The Bertz CT molecular complexity index is 961. The number of benzene rings is 1. The summed E-state index contributed by atoms with van der Waals surface area (Å²) in [5, 5.41) is 26.8. The molecular weight excluding hydrogens is 350 g/mol. The van der Waals surface area contributed by atoms with Crippen molar-refractivity contribution in [2.45, 2.75) is 0 Å². The number of allylic oxidation sites excluding steroid dienone is 1. The number of thiazole rings is 1. The molecule has 1 saturated heterocycles. The van der Waals surface area contributed by atoms with Gasteiger partial charge >= 0.3 is 0 Å². The van der Waals surface area contributed by atoms with E-state index in [-0.39, 0.29) is 5.82 Å².